The lowest BCUT2D eigenvalue weighted by Crippen LogP contribution is -1.91. The summed E-state index contributed by atoms with van der Waals surface area (Å²) >= 11 is 0. The molecule has 1 aliphatic carbocycles. The predicted molar refractivity (Wildman–Crippen MR) is 92.2 cm³/mol. The molecule has 1 rings (SSSR count). The van der Waals surface area contributed by atoms with Gasteiger partial charge in [0.25, 0.3) is 0 Å². The highest BCUT2D eigenvalue weighted by molar-refractivity contribution is 5.41. The molecule has 0 unspecified atom stereocenters. The SMILES string of the molecule is CCCCCCCCC1=C(C)CC=C1CCCCCC. The van der Waals surface area contributed by atoms with Crippen LogP contribution in [0.4, 0.5) is 0 Å². The van der Waals surface area contributed by atoms with Gasteiger partial charge in [0.15, 0.2) is 0 Å². The van der Waals surface area contributed by atoms with Crippen LogP contribution in [0.25, 0.3) is 0 Å². The molecule has 0 aliphatic heterocycles. The summed E-state index contributed by atoms with van der Waals surface area (Å²) in [6.07, 6.45) is 20.5. The third-order valence-electron chi connectivity index (χ3n) is 4.64. The quantitative estimate of drug-likeness (QED) is 0.327. The van der Waals surface area contributed by atoms with Gasteiger partial charge in [-0.15, -0.1) is 0 Å². The molecule has 0 aromatic heterocycles. The van der Waals surface area contributed by atoms with E-state index in [1.165, 1.54) is 83.5 Å². The normalized spacial score (nSPS) is 15.1. The smallest absolute Gasteiger partial charge is 0.0130 e. The van der Waals surface area contributed by atoms with Gasteiger partial charge in [-0.05, 0) is 50.2 Å². The topological polar surface area (TPSA) is 0 Å². The summed E-state index contributed by atoms with van der Waals surface area (Å²) in [5, 5.41) is 0. The van der Waals surface area contributed by atoms with Crippen LogP contribution in [0.5, 0.6) is 0 Å². The fourth-order valence-corrected chi connectivity index (χ4v) is 3.25. The Morgan fingerprint density at radius 3 is 2.00 bits per heavy atom. The molecule has 0 aromatic carbocycles. The molecular formula is C20H36. The molecule has 0 aromatic rings. The van der Waals surface area contributed by atoms with E-state index in [4.69, 9.17) is 0 Å². The van der Waals surface area contributed by atoms with E-state index in [0.717, 1.165) is 0 Å². The molecule has 0 heterocycles. The zero-order chi connectivity index (χ0) is 14.6. The van der Waals surface area contributed by atoms with Crippen LogP contribution in [-0.4, -0.2) is 0 Å². The molecule has 116 valence electrons. The lowest BCUT2D eigenvalue weighted by molar-refractivity contribution is 0.604. The second kappa shape index (κ2) is 11.2. The number of hydrogen-bond acceptors (Lipinski definition) is 0. The van der Waals surface area contributed by atoms with Crippen molar-refractivity contribution in [3.05, 3.63) is 22.8 Å². The Bertz CT molecular complexity index is 306. The Morgan fingerprint density at radius 2 is 1.30 bits per heavy atom. The molecule has 0 nitrogen and oxygen atoms in total. The second-order valence-electron chi connectivity index (χ2n) is 6.52. The van der Waals surface area contributed by atoms with E-state index in [2.05, 4.69) is 26.8 Å². The maximum atomic E-state index is 2.51. The Kier molecular flexibility index (Phi) is 9.79. The fourth-order valence-electron chi connectivity index (χ4n) is 3.25. The van der Waals surface area contributed by atoms with Gasteiger partial charge >= 0.3 is 0 Å². The standard InChI is InChI=1S/C20H36/c1-4-6-8-10-11-13-15-20-18(3)16-17-19(20)14-12-9-7-5-2/h17H,4-16H2,1-3H3. The Morgan fingerprint density at radius 1 is 0.750 bits per heavy atom. The molecule has 0 saturated carbocycles. The van der Waals surface area contributed by atoms with Gasteiger partial charge < -0.3 is 0 Å². The minimum Gasteiger partial charge on any atom is -0.0770 e. The number of rotatable bonds is 12. The zero-order valence-corrected chi connectivity index (χ0v) is 14.3. The summed E-state index contributed by atoms with van der Waals surface area (Å²) in [7, 11) is 0. The first-order valence-electron chi connectivity index (χ1n) is 9.17. The average molecular weight is 277 g/mol. The highest BCUT2D eigenvalue weighted by Crippen LogP contribution is 2.33. The summed E-state index contributed by atoms with van der Waals surface area (Å²) in [4.78, 5) is 0. The van der Waals surface area contributed by atoms with Gasteiger partial charge in [0.2, 0.25) is 0 Å². The van der Waals surface area contributed by atoms with Crippen molar-refractivity contribution in [2.75, 3.05) is 0 Å². The van der Waals surface area contributed by atoms with Gasteiger partial charge in [-0.2, -0.15) is 0 Å². The maximum absolute atomic E-state index is 2.51. The molecule has 0 radical (unpaired) electrons. The molecule has 0 N–H and O–H groups in total. The van der Waals surface area contributed by atoms with Crippen molar-refractivity contribution < 1.29 is 0 Å². The molecule has 0 atom stereocenters. The van der Waals surface area contributed by atoms with Gasteiger partial charge in [0.1, 0.15) is 0 Å². The first kappa shape index (κ1) is 17.5. The molecule has 1 aliphatic rings. The van der Waals surface area contributed by atoms with Crippen molar-refractivity contribution in [2.45, 2.75) is 104 Å². The summed E-state index contributed by atoms with van der Waals surface area (Å²) in [5.74, 6) is 0. The van der Waals surface area contributed by atoms with Gasteiger partial charge in [0, 0.05) is 0 Å². The summed E-state index contributed by atoms with van der Waals surface area (Å²) in [6.45, 7) is 6.94. The molecule has 0 spiro atoms. The molecule has 0 heteroatoms. The van der Waals surface area contributed by atoms with Crippen LogP contribution in [-0.2, 0) is 0 Å². The molecule has 0 amide bonds. The lowest BCUT2D eigenvalue weighted by Gasteiger charge is -2.11. The van der Waals surface area contributed by atoms with Gasteiger partial charge in [-0.1, -0.05) is 76.9 Å². The van der Waals surface area contributed by atoms with Crippen molar-refractivity contribution >= 4 is 0 Å². The minimum atomic E-state index is 1.23. The van der Waals surface area contributed by atoms with Gasteiger partial charge in [0.05, 0.1) is 0 Å². The predicted octanol–water partition coefficient (Wildman–Crippen LogP) is 7.35. The number of allylic oxidation sites excluding steroid dienone is 4. The van der Waals surface area contributed by atoms with Gasteiger partial charge in [-0.25, -0.2) is 0 Å². The van der Waals surface area contributed by atoms with Crippen molar-refractivity contribution in [1.82, 2.24) is 0 Å². The van der Waals surface area contributed by atoms with Crippen molar-refractivity contribution in [1.29, 1.82) is 0 Å². The Labute approximate surface area is 127 Å². The Hall–Kier alpha value is -0.520. The van der Waals surface area contributed by atoms with Crippen molar-refractivity contribution in [3.63, 3.8) is 0 Å². The highest BCUT2D eigenvalue weighted by atomic mass is 14.2. The lowest BCUT2D eigenvalue weighted by atomic mass is 9.95. The third kappa shape index (κ3) is 6.77. The number of hydrogen-bond donors (Lipinski definition) is 0. The first-order valence-corrected chi connectivity index (χ1v) is 9.17. The maximum Gasteiger partial charge on any atom is -0.0130 e. The van der Waals surface area contributed by atoms with Crippen LogP contribution in [0.1, 0.15) is 104 Å². The first-order chi connectivity index (χ1) is 9.79. The van der Waals surface area contributed by atoms with E-state index in [0.29, 0.717) is 0 Å². The fraction of sp³-hybridized carbons (Fsp3) is 0.800. The van der Waals surface area contributed by atoms with Crippen LogP contribution in [0.15, 0.2) is 22.8 Å². The van der Waals surface area contributed by atoms with Crippen LogP contribution in [0.3, 0.4) is 0 Å². The highest BCUT2D eigenvalue weighted by Gasteiger charge is 2.13. The largest absolute Gasteiger partial charge is 0.0770 e. The van der Waals surface area contributed by atoms with E-state index in [1.807, 2.05) is 0 Å². The Balaban J connectivity index is 2.20. The van der Waals surface area contributed by atoms with E-state index in [-0.39, 0.29) is 0 Å². The van der Waals surface area contributed by atoms with E-state index < -0.39 is 0 Å². The van der Waals surface area contributed by atoms with Gasteiger partial charge in [-0.3, -0.25) is 0 Å². The summed E-state index contributed by atoms with van der Waals surface area (Å²) in [5.41, 5.74) is 5.09. The average Bonchev–Trinajstić information content (AvgIpc) is 2.80. The zero-order valence-electron chi connectivity index (χ0n) is 14.3. The molecule has 0 bridgehead atoms. The van der Waals surface area contributed by atoms with Crippen molar-refractivity contribution in [3.8, 4) is 0 Å². The van der Waals surface area contributed by atoms with E-state index in [9.17, 15) is 0 Å². The second-order valence-corrected chi connectivity index (χ2v) is 6.52. The van der Waals surface area contributed by atoms with Crippen LogP contribution in [0, 0.1) is 0 Å². The molecule has 0 fully saturated rings. The summed E-state index contributed by atoms with van der Waals surface area (Å²) in [6, 6.07) is 0. The minimum absolute atomic E-state index is 1.23. The third-order valence-corrected chi connectivity index (χ3v) is 4.64. The monoisotopic (exact) mass is 276 g/mol. The number of unbranched alkanes of at least 4 members (excludes halogenated alkanes) is 8. The van der Waals surface area contributed by atoms with Crippen molar-refractivity contribution in [2.24, 2.45) is 0 Å². The van der Waals surface area contributed by atoms with Crippen LogP contribution >= 0.6 is 0 Å². The van der Waals surface area contributed by atoms with Crippen LogP contribution < -0.4 is 0 Å². The van der Waals surface area contributed by atoms with E-state index >= 15 is 0 Å². The van der Waals surface area contributed by atoms with Crippen LogP contribution in [0.2, 0.25) is 0 Å². The molecule has 20 heavy (non-hydrogen) atoms. The van der Waals surface area contributed by atoms with E-state index in [1.54, 1.807) is 16.7 Å². The molecular weight excluding hydrogens is 240 g/mol. The summed E-state index contributed by atoms with van der Waals surface area (Å²) < 4.78 is 0. The molecule has 0 saturated heterocycles.